The smallest absolute Gasteiger partial charge is 0.202 e. The van der Waals surface area contributed by atoms with Crippen molar-refractivity contribution < 1.29 is 30.6 Å². The molecular formula is C18H16N2O6. The second-order valence-corrected chi connectivity index (χ2v) is 5.49. The van der Waals surface area contributed by atoms with Crippen molar-refractivity contribution in [2.24, 2.45) is 0 Å². The van der Waals surface area contributed by atoms with Gasteiger partial charge in [-0.05, 0) is 48.5 Å². The maximum Gasteiger partial charge on any atom is 0.202 e. The number of rotatable bonds is 4. The molecule has 0 aliphatic rings. The Morgan fingerprint density at radius 2 is 0.769 bits per heavy atom. The molecule has 26 heavy (non-hydrogen) atoms. The van der Waals surface area contributed by atoms with Gasteiger partial charge in [-0.2, -0.15) is 0 Å². The minimum Gasteiger partial charge on any atom is -0.504 e. The number of aromatic hydroxyl groups is 6. The summed E-state index contributed by atoms with van der Waals surface area (Å²) in [6.07, 6.45) is 0. The van der Waals surface area contributed by atoms with Crippen molar-refractivity contribution >= 4 is 22.7 Å². The van der Waals surface area contributed by atoms with Crippen molar-refractivity contribution in [2.45, 2.75) is 0 Å². The van der Waals surface area contributed by atoms with Gasteiger partial charge in [0.05, 0.1) is 11.4 Å². The van der Waals surface area contributed by atoms with Gasteiger partial charge in [-0.15, -0.1) is 0 Å². The van der Waals surface area contributed by atoms with E-state index in [1.807, 2.05) is 0 Å². The van der Waals surface area contributed by atoms with Gasteiger partial charge >= 0.3 is 0 Å². The number of nitrogens with one attached hydrogen (secondary N) is 2. The van der Waals surface area contributed by atoms with E-state index in [0.29, 0.717) is 11.4 Å². The highest BCUT2D eigenvalue weighted by molar-refractivity contribution is 5.75. The molecule has 0 fully saturated rings. The summed E-state index contributed by atoms with van der Waals surface area (Å²) in [4.78, 5) is 0. The second kappa shape index (κ2) is 6.52. The molecule has 8 N–H and O–H groups in total. The molecule has 0 atom stereocenters. The highest BCUT2D eigenvalue weighted by Crippen LogP contribution is 2.42. The van der Waals surface area contributed by atoms with Gasteiger partial charge < -0.3 is 41.3 Å². The topological polar surface area (TPSA) is 145 Å². The van der Waals surface area contributed by atoms with Crippen LogP contribution in [0.1, 0.15) is 0 Å². The number of anilines is 4. The fourth-order valence-corrected chi connectivity index (χ4v) is 2.29. The zero-order chi connectivity index (χ0) is 18.8. The first-order chi connectivity index (χ1) is 12.4. The molecule has 0 unspecified atom stereocenters. The van der Waals surface area contributed by atoms with Crippen molar-refractivity contribution in [1.82, 2.24) is 0 Å². The highest BCUT2D eigenvalue weighted by atomic mass is 16.3. The number of phenolic OH excluding ortho intramolecular Hbond substituents is 6. The first-order valence-electron chi connectivity index (χ1n) is 7.48. The van der Waals surface area contributed by atoms with Gasteiger partial charge in [-0.3, -0.25) is 0 Å². The van der Waals surface area contributed by atoms with Crippen molar-refractivity contribution in [3.63, 3.8) is 0 Å². The molecular weight excluding hydrogens is 340 g/mol. The van der Waals surface area contributed by atoms with Gasteiger partial charge in [0.2, 0.25) is 11.5 Å². The first kappa shape index (κ1) is 16.9. The third kappa shape index (κ3) is 3.16. The van der Waals surface area contributed by atoms with E-state index >= 15 is 0 Å². The van der Waals surface area contributed by atoms with Crippen LogP contribution in [0, 0.1) is 0 Å². The summed E-state index contributed by atoms with van der Waals surface area (Å²) < 4.78 is 0. The van der Waals surface area contributed by atoms with E-state index in [4.69, 9.17) is 0 Å². The largest absolute Gasteiger partial charge is 0.504 e. The summed E-state index contributed by atoms with van der Waals surface area (Å²) in [6.45, 7) is 0. The van der Waals surface area contributed by atoms with Gasteiger partial charge in [0.25, 0.3) is 0 Å². The van der Waals surface area contributed by atoms with Crippen molar-refractivity contribution in [3.05, 3.63) is 48.5 Å². The Balaban J connectivity index is 1.77. The predicted molar refractivity (Wildman–Crippen MR) is 95.9 cm³/mol. The lowest BCUT2D eigenvalue weighted by atomic mass is 10.2. The molecule has 0 aliphatic heterocycles. The maximum absolute atomic E-state index is 9.81. The average Bonchev–Trinajstić information content (AvgIpc) is 2.64. The van der Waals surface area contributed by atoms with Crippen LogP contribution in [0.5, 0.6) is 34.5 Å². The van der Waals surface area contributed by atoms with Crippen molar-refractivity contribution in [3.8, 4) is 34.5 Å². The van der Waals surface area contributed by atoms with E-state index in [0.717, 1.165) is 0 Å². The Hall–Kier alpha value is -3.94. The molecule has 0 aromatic heterocycles. The van der Waals surface area contributed by atoms with Gasteiger partial charge in [0.1, 0.15) is 0 Å². The molecule has 3 rings (SSSR count). The quantitative estimate of drug-likeness (QED) is 0.262. The summed E-state index contributed by atoms with van der Waals surface area (Å²) in [5.41, 5.74) is 1.60. The Labute approximate surface area is 147 Å². The first-order valence-corrected chi connectivity index (χ1v) is 7.48. The number of hydrogen-bond acceptors (Lipinski definition) is 8. The van der Waals surface area contributed by atoms with E-state index in [1.54, 1.807) is 24.3 Å². The van der Waals surface area contributed by atoms with Gasteiger partial charge in [0.15, 0.2) is 23.0 Å². The zero-order valence-electron chi connectivity index (χ0n) is 13.3. The standard InChI is InChI=1S/C18H16N2O6/c21-13-7-5-11(15(23)17(13)25)19-9-1-2-10(4-3-9)20-12-6-8-14(22)18(26)16(12)24/h1-8,19-26H. The van der Waals surface area contributed by atoms with Crippen LogP contribution >= 0.6 is 0 Å². The third-order valence-electron chi connectivity index (χ3n) is 3.70. The monoisotopic (exact) mass is 356 g/mol. The second-order valence-electron chi connectivity index (χ2n) is 5.49. The molecule has 0 saturated carbocycles. The third-order valence-corrected chi connectivity index (χ3v) is 3.70. The summed E-state index contributed by atoms with van der Waals surface area (Å²) in [5, 5.41) is 63.1. The van der Waals surface area contributed by atoms with Crippen molar-refractivity contribution in [1.29, 1.82) is 0 Å². The molecule has 0 aliphatic carbocycles. The summed E-state index contributed by atoms with van der Waals surface area (Å²) in [7, 11) is 0. The van der Waals surface area contributed by atoms with Crippen LogP contribution in [0.15, 0.2) is 48.5 Å². The number of benzene rings is 3. The van der Waals surface area contributed by atoms with Crippen LogP contribution in [-0.2, 0) is 0 Å². The van der Waals surface area contributed by atoms with Crippen LogP contribution in [0.2, 0.25) is 0 Å². The Bertz CT molecular complexity index is 878. The predicted octanol–water partition coefficient (Wildman–Crippen LogP) is 3.41. The summed E-state index contributed by atoms with van der Waals surface area (Å²) >= 11 is 0. The fraction of sp³-hybridized carbons (Fsp3) is 0. The van der Waals surface area contributed by atoms with E-state index in [2.05, 4.69) is 10.6 Å². The van der Waals surface area contributed by atoms with Crippen LogP contribution in [0.25, 0.3) is 0 Å². The van der Waals surface area contributed by atoms with Crippen LogP contribution in [0.3, 0.4) is 0 Å². The van der Waals surface area contributed by atoms with E-state index in [1.165, 1.54) is 24.3 Å². The van der Waals surface area contributed by atoms with Crippen LogP contribution in [0.4, 0.5) is 22.7 Å². The SMILES string of the molecule is Oc1ccc(Nc2ccc(Nc3ccc(O)c(O)c3O)cc2)c(O)c1O. The van der Waals surface area contributed by atoms with E-state index in [9.17, 15) is 30.6 Å². The van der Waals surface area contributed by atoms with Crippen molar-refractivity contribution in [2.75, 3.05) is 10.6 Å². The lowest BCUT2D eigenvalue weighted by molar-refractivity contribution is 0.369. The molecule has 0 amide bonds. The molecule has 8 nitrogen and oxygen atoms in total. The Morgan fingerprint density at radius 3 is 1.12 bits per heavy atom. The van der Waals surface area contributed by atoms with E-state index in [-0.39, 0.29) is 11.4 Å². The molecule has 0 spiro atoms. The maximum atomic E-state index is 9.81. The van der Waals surface area contributed by atoms with Gasteiger partial charge in [0, 0.05) is 11.4 Å². The lowest BCUT2D eigenvalue weighted by Crippen LogP contribution is -1.93. The lowest BCUT2D eigenvalue weighted by Gasteiger charge is -2.13. The highest BCUT2D eigenvalue weighted by Gasteiger charge is 2.12. The van der Waals surface area contributed by atoms with Gasteiger partial charge in [-0.25, -0.2) is 0 Å². The fourth-order valence-electron chi connectivity index (χ4n) is 2.29. The normalized spacial score (nSPS) is 10.5. The average molecular weight is 356 g/mol. The Kier molecular flexibility index (Phi) is 4.24. The van der Waals surface area contributed by atoms with Gasteiger partial charge in [-0.1, -0.05) is 0 Å². The molecule has 0 saturated heterocycles. The Morgan fingerprint density at radius 1 is 0.423 bits per heavy atom. The molecule has 0 bridgehead atoms. The molecule has 0 radical (unpaired) electrons. The molecule has 0 heterocycles. The zero-order valence-corrected chi connectivity index (χ0v) is 13.3. The summed E-state index contributed by atoms with van der Waals surface area (Å²) in [5.74, 6) is -3.03. The van der Waals surface area contributed by atoms with Crippen LogP contribution < -0.4 is 10.6 Å². The number of phenols is 6. The number of hydrogen-bond donors (Lipinski definition) is 8. The molecule has 8 heteroatoms. The molecule has 3 aromatic carbocycles. The minimum atomic E-state index is -0.615. The van der Waals surface area contributed by atoms with E-state index < -0.39 is 34.5 Å². The summed E-state index contributed by atoms with van der Waals surface area (Å²) in [6, 6.07) is 12.0. The van der Waals surface area contributed by atoms with Crippen LogP contribution in [-0.4, -0.2) is 30.6 Å². The molecule has 134 valence electrons. The minimum absolute atomic E-state index is 0.210. The molecule has 3 aromatic rings.